The van der Waals surface area contributed by atoms with E-state index in [1.54, 1.807) is 24.2 Å². The van der Waals surface area contributed by atoms with Gasteiger partial charge in [-0.1, -0.05) is 36.4 Å². The second-order valence-corrected chi connectivity index (χ2v) is 6.53. The summed E-state index contributed by atoms with van der Waals surface area (Å²) in [5, 5.41) is 1.18. The van der Waals surface area contributed by atoms with Crippen LogP contribution in [0.25, 0.3) is 10.9 Å². The Balaban J connectivity index is 1.57. The summed E-state index contributed by atoms with van der Waals surface area (Å²) in [5.41, 5.74) is 2.17. The Morgan fingerprint density at radius 2 is 1.72 bits per heavy atom. The van der Waals surface area contributed by atoms with E-state index in [-0.39, 0.29) is 0 Å². The molecule has 4 rings (SSSR count). The van der Waals surface area contributed by atoms with Crippen LogP contribution in [0.5, 0.6) is 11.5 Å². The lowest BCUT2D eigenvalue weighted by atomic mass is 10.2. The highest BCUT2D eigenvalue weighted by molar-refractivity contribution is 7.98. The quantitative estimate of drug-likeness (QED) is 0.434. The van der Waals surface area contributed by atoms with Crippen molar-refractivity contribution in [3.8, 4) is 11.5 Å². The molecule has 0 radical (unpaired) electrons. The molecule has 2 heterocycles. The van der Waals surface area contributed by atoms with Gasteiger partial charge in [0.05, 0.1) is 11.7 Å². The summed E-state index contributed by atoms with van der Waals surface area (Å²) < 4.78 is 6.00. The van der Waals surface area contributed by atoms with Crippen LogP contribution in [0.3, 0.4) is 0 Å². The van der Waals surface area contributed by atoms with Gasteiger partial charge in [-0.15, -0.1) is 11.8 Å². The van der Waals surface area contributed by atoms with E-state index in [9.17, 15) is 0 Å². The fourth-order valence-electron chi connectivity index (χ4n) is 2.61. The summed E-state index contributed by atoms with van der Waals surface area (Å²) in [7, 11) is 0. The maximum absolute atomic E-state index is 6.00. The lowest BCUT2D eigenvalue weighted by Gasteiger charge is -2.11. The predicted octanol–water partition coefficient (Wildman–Crippen LogP) is 5.71. The summed E-state index contributed by atoms with van der Waals surface area (Å²) in [5.74, 6) is 2.43. The molecule has 122 valence electrons. The number of pyridine rings is 2. The van der Waals surface area contributed by atoms with Crippen molar-refractivity contribution in [3.05, 3.63) is 90.9 Å². The zero-order valence-electron chi connectivity index (χ0n) is 13.5. The maximum atomic E-state index is 6.00. The fraction of sp³-hybridized carbons (Fsp3) is 0.0476. The first-order valence-electron chi connectivity index (χ1n) is 8.02. The van der Waals surface area contributed by atoms with Gasteiger partial charge >= 0.3 is 0 Å². The molecule has 3 nitrogen and oxygen atoms in total. The second kappa shape index (κ2) is 7.36. The van der Waals surface area contributed by atoms with E-state index in [0.717, 1.165) is 28.3 Å². The van der Waals surface area contributed by atoms with Crippen LogP contribution in [0.15, 0.2) is 90.2 Å². The Morgan fingerprint density at radius 1 is 0.840 bits per heavy atom. The minimum atomic E-state index is 0.745. The van der Waals surface area contributed by atoms with E-state index in [4.69, 9.17) is 4.74 Å². The summed E-state index contributed by atoms with van der Waals surface area (Å²) in [6.07, 6.45) is 5.33. The summed E-state index contributed by atoms with van der Waals surface area (Å²) in [6, 6.07) is 22.2. The molecule has 4 aromatic rings. The van der Waals surface area contributed by atoms with Crippen molar-refractivity contribution in [3.63, 3.8) is 0 Å². The van der Waals surface area contributed by atoms with Crippen LogP contribution in [0.2, 0.25) is 0 Å². The molecule has 0 fully saturated rings. The Morgan fingerprint density at radius 3 is 2.64 bits per heavy atom. The number of fused-ring (bicyclic) bond motifs is 1. The third kappa shape index (κ3) is 3.64. The topological polar surface area (TPSA) is 35.0 Å². The average molecular weight is 344 g/mol. The first-order valence-corrected chi connectivity index (χ1v) is 9.01. The zero-order valence-corrected chi connectivity index (χ0v) is 14.3. The molecule has 4 heteroatoms. The number of benzene rings is 2. The first-order chi connectivity index (χ1) is 12.4. The average Bonchev–Trinajstić information content (AvgIpc) is 2.68. The molecule has 0 atom stereocenters. The molecule has 0 saturated heterocycles. The first kappa shape index (κ1) is 15.7. The van der Waals surface area contributed by atoms with Crippen LogP contribution in [0.1, 0.15) is 5.56 Å². The van der Waals surface area contributed by atoms with E-state index < -0.39 is 0 Å². The van der Waals surface area contributed by atoms with E-state index in [1.165, 1.54) is 10.3 Å². The number of aromatic nitrogens is 2. The number of hydrogen-bond acceptors (Lipinski definition) is 4. The molecule has 25 heavy (non-hydrogen) atoms. The van der Waals surface area contributed by atoms with Gasteiger partial charge < -0.3 is 4.74 Å². The minimum absolute atomic E-state index is 0.745. The molecule has 2 aromatic heterocycles. The monoisotopic (exact) mass is 344 g/mol. The van der Waals surface area contributed by atoms with Gasteiger partial charge in [0.1, 0.15) is 11.5 Å². The van der Waals surface area contributed by atoms with Gasteiger partial charge in [-0.2, -0.15) is 0 Å². The van der Waals surface area contributed by atoms with Crippen LogP contribution in [0, 0.1) is 0 Å². The molecule has 0 amide bonds. The number of hydrogen-bond donors (Lipinski definition) is 0. The lowest BCUT2D eigenvalue weighted by molar-refractivity contribution is 0.476. The standard InChI is InChI=1S/C21H16N2OS/c1-4-10-20(24-17-7-5-12-22-14-17)16(6-1)15-25-21-11-13-23-19-9-3-2-8-18(19)21/h1-14H,15H2. The minimum Gasteiger partial charge on any atom is -0.455 e. The lowest BCUT2D eigenvalue weighted by Crippen LogP contribution is -1.91. The summed E-state index contributed by atoms with van der Waals surface area (Å²) >= 11 is 1.79. The summed E-state index contributed by atoms with van der Waals surface area (Å²) in [6.45, 7) is 0. The zero-order chi connectivity index (χ0) is 16.9. The van der Waals surface area contributed by atoms with Gasteiger partial charge in [0.25, 0.3) is 0 Å². The van der Waals surface area contributed by atoms with Crippen molar-refractivity contribution in [2.45, 2.75) is 10.6 Å². The molecule has 0 spiro atoms. The number of para-hydroxylation sites is 2. The molecule has 0 saturated carbocycles. The molecule has 0 aliphatic heterocycles. The molecular weight excluding hydrogens is 328 g/mol. The van der Waals surface area contributed by atoms with Crippen molar-refractivity contribution >= 4 is 22.7 Å². The van der Waals surface area contributed by atoms with Crippen LogP contribution >= 0.6 is 11.8 Å². The van der Waals surface area contributed by atoms with Gasteiger partial charge in [-0.05, 0) is 30.3 Å². The Kier molecular flexibility index (Phi) is 4.61. The maximum Gasteiger partial charge on any atom is 0.145 e. The number of rotatable bonds is 5. The van der Waals surface area contributed by atoms with Crippen molar-refractivity contribution in [1.29, 1.82) is 0 Å². The predicted molar refractivity (Wildman–Crippen MR) is 102 cm³/mol. The smallest absolute Gasteiger partial charge is 0.145 e. The van der Waals surface area contributed by atoms with Gasteiger partial charge in [-0.3, -0.25) is 9.97 Å². The largest absolute Gasteiger partial charge is 0.455 e. The van der Waals surface area contributed by atoms with Crippen molar-refractivity contribution in [2.24, 2.45) is 0 Å². The second-order valence-electron chi connectivity index (χ2n) is 5.51. The highest BCUT2D eigenvalue weighted by Gasteiger charge is 2.07. The van der Waals surface area contributed by atoms with E-state index in [1.807, 2.05) is 54.7 Å². The normalized spacial score (nSPS) is 10.7. The van der Waals surface area contributed by atoms with Gasteiger partial charge in [0.15, 0.2) is 0 Å². The molecule has 0 aliphatic carbocycles. The van der Waals surface area contributed by atoms with Crippen LogP contribution in [-0.4, -0.2) is 9.97 Å². The van der Waals surface area contributed by atoms with Gasteiger partial charge in [0, 0.05) is 34.0 Å². The fourth-order valence-corrected chi connectivity index (χ4v) is 3.64. The van der Waals surface area contributed by atoms with Gasteiger partial charge in [-0.25, -0.2) is 0 Å². The highest BCUT2D eigenvalue weighted by atomic mass is 32.2. The van der Waals surface area contributed by atoms with Crippen molar-refractivity contribution < 1.29 is 4.74 Å². The van der Waals surface area contributed by atoms with Crippen LogP contribution in [-0.2, 0) is 5.75 Å². The number of nitrogens with zero attached hydrogens (tertiary/aromatic N) is 2. The van der Waals surface area contributed by atoms with E-state index in [0.29, 0.717) is 0 Å². The Labute approximate surface area is 150 Å². The molecule has 0 bridgehead atoms. The SMILES string of the molecule is c1cncc(Oc2ccccc2CSc2ccnc3ccccc23)c1. The molecule has 0 N–H and O–H groups in total. The molecular formula is C21H16N2OS. The molecule has 0 aliphatic rings. The molecule has 2 aromatic carbocycles. The van der Waals surface area contributed by atoms with E-state index in [2.05, 4.69) is 28.2 Å². The molecule has 0 unspecified atom stereocenters. The third-order valence-electron chi connectivity index (χ3n) is 3.83. The Bertz CT molecular complexity index is 984. The third-order valence-corrected chi connectivity index (χ3v) is 4.95. The Hall–Kier alpha value is -2.85. The van der Waals surface area contributed by atoms with Crippen LogP contribution < -0.4 is 4.74 Å². The van der Waals surface area contributed by atoms with Crippen molar-refractivity contribution in [1.82, 2.24) is 9.97 Å². The van der Waals surface area contributed by atoms with Gasteiger partial charge in [0.2, 0.25) is 0 Å². The summed E-state index contributed by atoms with van der Waals surface area (Å²) in [4.78, 5) is 9.75. The van der Waals surface area contributed by atoms with Crippen LogP contribution in [0.4, 0.5) is 0 Å². The number of ether oxygens (including phenoxy) is 1. The number of thioether (sulfide) groups is 1. The highest BCUT2D eigenvalue weighted by Crippen LogP contribution is 2.33. The van der Waals surface area contributed by atoms with E-state index >= 15 is 0 Å². The van der Waals surface area contributed by atoms with Crippen molar-refractivity contribution in [2.75, 3.05) is 0 Å².